The summed E-state index contributed by atoms with van der Waals surface area (Å²) >= 11 is 0. The molecule has 342 valence electrons. The number of hydrogen-bond donors (Lipinski definition) is 2. The standard InChI is InChI=1S/C66H68N2/c1-63(2,3)51-29-25-45(26-30-51)55-39-53(65(7,8)9)33-35-59(55)67-61-42-62(68-60-36-34-54(66(10,11)12)40-56(60)46-27-31-52(32-28-46)64(4,5)6)58(50-24-22-44-18-14-16-20-48(44)38-50)41-57(61)49-23-21-43-17-13-15-19-47(43)37-49/h13-42,67-68H,1-12H3. The maximum Gasteiger partial charge on any atom is 0.0485 e. The summed E-state index contributed by atoms with van der Waals surface area (Å²) in [6, 6.07) is 68.1. The molecule has 2 heteroatoms. The van der Waals surface area contributed by atoms with Crippen LogP contribution in [0.3, 0.4) is 0 Å². The van der Waals surface area contributed by atoms with Gasteiger partial charge in [0, 0.05) is 45.0 Å². The molecule has 0 saturated heterocycles. The van der Waals surface area contributed by atoms with Crippen LogP contribution in [0.5, 0.6) is 0 Å². The summed E-state index contributed by atoms with van der Waals surface area (Å²) in [5.41, 5.74) is 18.7. The van der Waals surface area contributed by atoms with Crippen LogP contribution in [0.25, 0.3) is 66.1 Å². The molecule has 0 unspecified atom stereocenters. The second-order valence-corrected chi connectivity index (χ2v) is 23.0. The molecule has 9 rings (SSSR count). The minimum atomic E-state index is -0.0270. The normalized spacial score (nSPS) is 12.4. The van der Waals surface area contributed by atoms with E-state index >= 15 is 0 Å². The van der Waals surface area contributed by atoms with Crippen LogP contribution in [-0.2, 0) is 21.7 Å². The van der Waals surface area contributed by atoms with Gasteiger partial charge in [-0.15, -0.1) is 0 Å². The molecule has 0 bridgehead atoms. The first-order chi connectivity index (χ1) is 32.2. The van der Waals surface area contributed by atoms with Crippen molar-refractivity contribution in [2.24, 2.45) is 0 Å². The molecule has 0 saturated carbocycles. The number of nitrogens with one attached hydrogen (secondary N) is 2. The van der Waals surface area contributed by atoms with Crippen LogP contribution in [0.2, 0.25) is 0 Å². The van der Waals surface area contributed by atoms with Crippen LogP contribution in [0.1, 0.15) is 105 Å². The third-order valence-electron chi connectivity index (χ3n) is 13.7. The molecule has 0 amide bonds. The number of fused-ring (bicyclic) bond motifs is 2. The molecular weight excluding hydrogens is 821 g/mol. The highest BCUT2D eigenvalue weighted by atomic mass is 14.9. The molecule has 0 aromatic heterocycles. The fraction of sp³-hybridized carbons (Fsp3) is 0.242. The van der Waals surface area contributed by atoms with Gasteiger partial charge < -0.3 is 10.6 Å². The Labute approximate surface area is 406 Å². The molecule has 2 nitrogen and oxygen atoms in total. The van der Waals surface area contributed by atoms with Crippen molar-refractivity contribution in [3.8, 4) is 44.5 Å². The minimum Gasteiger partial charge on any atom is -0.354 e. The lowest BCUT2D eigenvalue weighted by atomic mass is 9.83. The van der Waals surface area contributed by atoms with Crippen LogP contribution in [0, 0.1) is 0 Å². The average Bonchev–Trinajstić information content (AvgIpc) is 3.30. The summed E-state index contributed by atoms with van der Waals surface area (Å²) in [6.45, 7) is 27.5. The summed E-state index contributed by atoms with van der Waals surface area (Å²) in [7, 11) is 0. The first-order valence-electron chi connectivity index (χ1n) is 24.4. The number of rotatable bonds is 8. The van der Waals surface area contributed by atoms with E-state index in [-0.39, 0.29) is 21.7 Å². The highest BCUT2D eigenvalue weighted by Gasteiger charge is 2.23. The molecule has 0 radical (unpaired) electrons. The van der Waals surface area contributed by atoms with Gasteiger partial charge >= 0.3 is 0 Å². The Morgan fingerprint density at radius 3 is 0.897 bits per heavy atom. The Morgan fingerprint density at radius 2 is 0.544 bits per heavy atom. The largest absolute Gasteiger partial charge is 0.354 e. The Kier molecular flexibility index (Phi) is 12.0. The van der Waals surface area contributed by atoms with E-state index in [1.165, 1.54) is 66.1 Å². The summed E-state index contributed by atoms with van der Waals surface area (Å²) < 4.78 is 0. The summed E-state index contributed by atoms with van der Waals surface area (Å²) in [4.78, 5) is 0. The third kappa shape index (κ3) is 9.74. The van der Waals surface area contributed by atoms with Crippen molar-refractivity contribution in [2.45, 2.75) is 105 Å². The van der Waals surface area contributed by atoms with Crippen molar-refractivity contribution in [1.82, 2.24) is 0 Å². The van der Waals surface area contributed by atoms with E-state index in [4.69, 9.17) is 0 Å². The van der Waals surface area contributed by atoms with E-state index in [2.05, 4.69) is 276 Å². The quantitative estimate of drug-likeness (QED) is 0.159. The Balaban J connectivity index is 1.29. The summed E-state index contributed by atoms with van der Waals surface area (Å²) in [6.07, 6.45) is 0. The van der Waals surface area contributed by atoms with E-state index in [1.54, 1.807) is 0 Å². The van der Waals surface area contributed by atoms with Gasteiger partial charge in [-0.25, -0.2) is 0 Å². The van der Waals surface area contributed by atoms with Gasteiger partial charge in [0.2, 0.25) is 0 Å². The van der Waals surface area contributed by atoms with Gasteiger partial charge in [-0.1, -0.05) is 217 Å². The minimum absolute atomic E-state index is 0.0270. The smallest absolute Gasteiger partial charge is 0.0485 e. The monoisotopic (exact) mass is 889 g/mol. The van der Waals surface area contributed by atoms with Crippen molar-refractivity contribution in [2.75, 3.05) is 10.6 Å². The lowest BCUT2D eigenvalue weighted by molar-refractivity contribution is 0.589. The van der Waals surface area contributed by atoms with Crippen molar-refractivity contribution in [3.05, 3.63) is 204 Å². The second kappa shape index (κ2) is 17.6. The first kappa shape index (κ1) is 46.2. The zero-order valence-corrected chi connectivity index (χ0v) is 42.3. The Morgan fingerprint density at radius 1 is 0.235 bits per heavy atom. The molecule has 9 aromatic rings. The van der Waals surface area contributed by atoms with Gasteiger partial charge in [-0.05, 0) is 136 Å². The predicted octanol–water partition coefficient (Wildman–Crippen LogP) is 19.3. The van der Waals surface area contributed by atoms with Crippen LogP contribution >= 0.6 is 0 Å². The predicted molar refractivity (Wildman–Crippen MR) is 297 cm³/mol. The van der Waals surface area contributed by atoms with Crippen LogP contribution in [0.4, 0.5) is 22.7 Å². The average molecular weight is 889 g/mol. The summed E-state index contributed by atoms with van der Waals surface area (Å²) in [5, 5.41) is 13.1. The Hall–Kier alpha value is -6.90. The number of hydrogen-bond acceptors (Lipinski definition) is 2. The molecule has 0 aliphatic heterocycles. The van der Waals surface area contributed by atoms with Gasteiger partial charge in [0.05, 0.1) is 0 Å². The molecule has 2 N–H and O–H groups in total. The zero-order valence-electron chi connectivity index (χ0n) is 42.3. The number of benzene rings is 9. The maximum atomic E-state index is 4.10. The van der Waals surface area contributed by atoms with Crippen molar-refractivity contribution in [1.29, 1.82) is 0 Å². The van der Waals surface area contributed by atoms with E-state index in [0.717, 1.165) is 45.0 Å². The fourth-order valence-corrected chi connectivity index (χ4v) is 9.30. The van der Waals surface area contributed by atoms with Gasteiger partial charge in [-0.3, -0.25) is 0 Å². The molecule has 0 spiro atoms. The lowest BCUT2D eigenvalue weighted by Gasteiger charge is -2.25. The van der Waals surface area contributed by atoms with Crippen LogP contribution in [-0.4, -0.2) is 0 Å². The maximum absolute atomic E-state index is 4.10. The molecule has 0 aliphatic carbocycles. The molecule has 0 fully saturated rings. The van der Waals surface area contributed by atoms with Gasteiger partial charge in [-0.2, -0.15) is 0 Å². The van der Waals surface area contributed by atoms with E-state index in [0.29, 0.717) is 0 Å². The van der Waals surface area contributed by atoms with E-state index in [1.807, 2.05) is 0 Å². The highest BCUT2D eigenvalue weighted by molar-refractivity contribution is 5.99. The molecule has 0 atom stereocenters. The SMILES string of the molecule is CC(C)(C)c1ccc(-c2cc(C(C)(C)C)ccc2Nc2cc(Nc3ccc(C(C)(C)C)cc3-c3ccc(C(C)(C)C)cc3)c(-c3ccc4ccccc4c3)cc2-c2ccc3ccccc3c2)cc1. The highest BCUT2D eigenvalue weighted by Crippen LogP contribution is 2.46. The molecule has 9 aromatic carbocycles. The first-order valence-corrected chi connectivity index (χ1v) is 24.4. The lowest BCUT2D eigenvalue weighted by Crippen LogP contribution is -2.12. The topological polar surface area (TPSA) is 24.1 Å². The Bertz CT molecular complexity index is 3070. The van der Waals surface area contributed by atoms with Crippen molar-refractivity contribution >= 4 is 44.3 Å². The zero-order chi connectivity index (χ0) is 48.2. The van der Waals surface area contributed by atoms with Crippen LogP contribution in [0.15, 0.2) is 182 Å². The van der Waals surface area contributed by atoms with Gasteiger partial charge in [0.25, 0.3) is 0 Å². The number of anilines is 4. The van der Waals surface area contributed by atoms with Crippen molar-refractivity contribution in [3.63, 3.8) is 0 Å². The molecule has 0 heterocycles. The third-order valence-corrected chi connectivity index (χ3v) is 13.7. The van der Waals surface area contributed by atoms with Crippen LogP contribution < -0.4 is 10.6 Å². The fourth-order valence-electron chi connectivity index (χ4n) is 9.30. The van der Waals surface area contributed by atoms with E-state index in [9.17, 15) is 0 Å². The molecule has 68 heavy (non-hydrogen) atoms. The van der Waals surface area contributed by atoms with E-state index < -0.39 is 0 Å². The second-order valence-electron chi connectivity index (χ2n) is 23.0. The van der Waals surface area contributed by atoms with Crippen molar-refractivity contribution < 1.29 is 0 Å². The molecular formula is C66H68N2. The molecule has 0 aliphatic rings. The van der Waals surface area contributed by atoms with Gasteiger partial charge in [0.15, 0.2) is 0 Å². The summed E-state index contributed by atoms with van der Waals surface area (Å²) in [5.74, 6) is 0. The van der Waals surface area contributed by atoms with Gasteiger partial charge in [0.1, 0.15) is 0 Å².